The molecule has 0 spiro atoms. The van der Waals surface area contributed by atoms with Gasteiger partial charge in [0.05, 0.1) is 20.3 Å². The number of hydrogen-bond acceptors (Lipinski definition) is 4. The smallest absolute Gasteiger partial charge is 0.258 e. The second-order valence-electron chi connectivity index (χ2n) is 5.68. The Kier molecular flexibility index (Phi) is 6.69. The van der Waals surface area contributed by atoms with E-state index >= 15 is 0 Å². The molecule has 0 unspecified atom stereocenters. The summed E-state index contributed by atoms with van der Waals surface area (Å²) in [5, 5.41) is 2.92. The first-order valence-electron chi connectivity index (χ1n) is 8.30. The zero-order valence-corrected chi connectivity index (χ0v) is 15.2. The molecule has 5 heteroatoms. The molecule has 0 aromatic heterocycles. The number of aryl methyl sites for hydroxylation is 1. The largest absolute Gasteiger partial charge is 0.497 e. The maximum atomic E-state index is 12.2. The number of rotatable bonds is 8. The summed E-state index contributed by atoms with van der Waals surface area (Å²) in [6.45, 7) is 3.95. The Morgan fingerprint density at radius 3 is 2.32 bits per heavy atom. The summed E-state index contributed by atoms with van der Waals surface area (Å²) in [6.07, 6.45) is 0.973. The van der Waals surface area contributed by atoms with Gasteiger partial charge in [-0.3, -0.25) is 4.79 Å². The minimum Gasteiger partial charge on any atom is -0.497 e. The Morgan fingerprint density at radius 1 is 1.04 bits per heavy atom. The molecule has 134 valence electrons. The van der Waals surface area contributed by atoms with E-state index in [4.69, 9.17) is 14.2 Å². The van der Waals surface area contributed by atoms with Gasteiger partial charge in [-0.2, -0.15) is 0 Å². The minimum atomic E-state index is -0.233. The van der Waals surface area contributed by atoms with Crippen LogP contribution in [-0.2, 0) is 11.2 Å². The lowest BCUT2D eigenvalue weighted by molar-refractivity contribution is -0.123. The summed E-state index contributed by atoms with van der Waals surface area (Å²) in [7, 11) is 3.20. The van der Waals surface area contributed by atoms with Gasteiger partial charge < -0.3 is 19.5 Å². The van der Waals surface area contributed by atoms with E-state index in [0.717, 1.165) is 12.0 Å². The van der Waals surface area contributed by atoms with Crippen LogP contribution < -0.4 is 19.5 Å². The molecule has 0 radical (unpaired) electrons. The molecule has 1 atom stereocenters. The summed E-state index contributed by atoms with van der Waals surface area (Å²) >= 11 is 0. The molecule has 0 aliphatic rings. The van der Waals surface area contributed by atoms with Crippen LogP contribution >= 0.6 is 0 Å². The van der Waals surface area contributed by atoms with Crippen molar-refractivity contribution >= 4 is 5.91 Å². The van der Waals surface area contributed by atoms with Crippen LogP contribution in [0, 0.1) is 0 Å². The predicted octanol–water partition coefficient (Wildman–Crippen LogP) is 3.52. The third kappa shape index (κ3) is 5.14. The van der Waals surface area contributed by atoms with Crippen molar-refractivity contribution in [1.29, 1.82) is 0 Å². The van der Waals surface area contributed by atoms with Crippen LogP contribution in [0.3, 0.4) is 0 Å². The van der Waals surface area contributed by atoms with Crippen LogP contribution in [0.4, 0.5) is 0 Å². The Labute approximate surface area is 148 Å². The third-order valence-electron chi connectivity index (χ3n) is 3.98. The molecule has 5 nitrogen and oxygen atoms in total. The fourth-order valence-electron chi connectivity index (χ4n) is 2.51. The van der Waals surface area contributed by atoms with Gasteiger partial charge in [-0.15, -0.1) is 0 Å². The van der Waals surface area contributed by atoms with Gasteiger partial charge in [-0.25, -0.2) is 0 Å². The molecule has 2 aromatic rings. The average molecular weight is 343 g/mol. The first-order chi connectivity index (χ1) is 12.1. The summed E-state index contributed by atoms with van der Waals surface area (Å²) < 4.78 is 16.1. The molecule has 0 bridgehead atoms. The SMILES string of the molecule is CCc1ccc(OCC(=O)N[C@H](C)c2cc(OC)ccc2OC)cc1. The van der Waals surface area contributed by atoms with Gasteiger partial charge in [0.25, 0.3) is 5.91 Å². The maximum Gasteiger partial charge on any atom is 0.258 e. The molecule has 0 heterocycles. The molecule has 0 fully saturated rings. The first-order valence-corrected chi connectivity index (χ1v) is 8.30. The van der Waals surface area contributed by atoms with Crippen LogP contribution in [-0.4, -0.2) is 26.7 Å². The van der Waals surface area contributed by atoms with E-state index in [-0.39, 0.29) is 18.6 Å². The normalized spacial score (nSPS) is 11.5. The number of hydrogen-bond donors (Lipinski definition) is 1. The predicted molar refractivity (Wildman–Crippen MR) is 97.4 cm³/mol. The first kappa shape index (κ1) is 18.6. The quantitative estimate of drug-likeness (QED) is 0.797. The van der Waals surface area contributed by atoms with E-state index in [0.29, 0.717) is 17.2 Å². The minimum absolute atomic E-state index is 0.0396. The second kappa shape index (κ2) is 8.97. The average Bonchev–Trinajstić information content (AvgIpc) is 2.66. The zero-order chi connectivity index (χ0) is 18.2. The van der Waals surface area contributed by atoms with Crippen molar-refractivity contribution < 1.29 is 19.0 Å². The van der Waals surface area contributed by atoms with Crippen molar-refractivity contribution in [3.8, 4) is 17.2 Å². The van der Waals surface area contributed by atoms with Crippen molar-refractivity contribution in [2.45, 2.75) is 26.3 Å². The Bertz CT molecular complexity index is 697. The van der Waals surface area contributed by atoms with E-state index in [1.54, 1.807) is 14.2 Å². The highest BCUT2D eigenvalue weighted by atomic mass is 16.5. The van der Waals surface area contributed by atoms with Crippen LogP contribution in [0.1, 0.15) is 31.0 Å². The molecule has 0 aliphatic heterocycles. The molecule has 0 saturated carbocycles. The highest BCUT2D eigenvalue weighted by Crippen LogP contribution is 2.29. The van der Waals surface area contributed by atoms with Crippen molar-refractivity contribution in [1.82, 2.24) is 5.32 Å². The van der Waals surface area contributed by atoms with Crippen molar-refractivity contribution in [3.63, 3.8) is 0 Å². The standard InChI is InChI=1S/C20H25NO4/c1-5-15-6-8-16(9-7-15)25-13-20(22)21-14(2)18-12-17(23-3)10-11-19(18)24-4/h6-12,14H,5,13H2,1-4H3,(H,21,22)/t14-/m1/s1. The van der Waals surface area contributed by atoms with Gasteiger partial charge in [0, 0.05) is 5.56 Å². The molecule has 2 aromatic carbocycles. The topological polar surface area (TPSA) is 56.8 Å². The highest BCUT2D eigenvalue weighted by Gasteiger charge is 2.15. The molecule has 0 aliphatic carbocycles. The van der Waals surface area contributed by atoms with Gasteiger partial charge >= 0.3 is 0 Å². The van der Waals surface area contributed by atoms with Gasteiger partial charge in [0.2, 0.25) is 0 Å². The fraction of sp³-hybridized carbons (Fsp3) is 0.350. The van der Waals surface area contributed by atoms with E-state index in [1.165, 1.54) is 5.56 Å². The number of carbonyl (C=O) groups is 1. The zero-order valence-electron chi connectivity index (χ0n) is 15.2. The van der Waals surface area contributed by atoms with Crippen molar-refractivity contribution in [3.05, 3.63) is 53.6 Å². The van der Waals surface area contributed by atoms with Gasteiger partial charge in [-0.1, -0.05) is 19.1 Å². The number of ether oxygens (including phenoxy) is 3. The van der Waals surface area contributed by atoms with E-state index in [1.807, 2.05) is 49.4 Å². The lowest BCUT2D eigenvalue weighted by Crippen LogP contribution is -2.31. The van der Waals surface area contributed by atoms with Gasteiger partial charge in [0.15, 0.2) is 6.61 Å². The lowest BCUT2D eigenvalue weighted by atomic mass is 10.1. The molecule has 1 amide bonds. The Morgan fingerprint density at radius 2 is 1.72 bits per heavy atom. The summed E-state index contributed by atoms with van der Waals surface area (Å²) in [6, 6.07) is 13.0. The molecule has 25 heavy (non-hydrogen) atoms. The summed E-state index contributed by atoms with van der Waals surface area (Å²) in [5.41, 5.74) is 2.08. The number of benzene rings is 2. The molecule has 2 rings (SSSR count). The highest BCUT2D eigenvalue weighted by molar-refractivity contribution is 5.78. The fourth-order valence-corrected chi connectivity index (χ4v) is 2.51. The third-order valence-corrected chi connectivity index (χ3v) is 3.98. The summed E-state index contributed by atoms with van der Waals surface area (Å²) in [5.74, 6) is 1.89. The second-order valence-corrected chi connectivity index (χ2v) is 5.68. The maximum absolute atomic E-state index is 12.2. The lowest BCUT2D eigenvalue weighted by Gasteiger charge is -2.18. The van der Waals surface area contributed by atoms with E-state index in [9.17, 15) is 4.79 Å². The van der Waals surface area contributed by atoms with Crippen molar-refractivity contribution in [2.24, 2.45) is 0 Å². The van der Waals surface area contributed by atoms with Crippen LogP contribution in [0.25, 0.3) is 0 Å². The van der Waals surface area contributed by atoms with Crippen LogP contribution in [0.15, 0.2) is 42.5 Å². The van der Waals surface area contributed by atoms with Crippen molar-refractivity contribution in [2.75, 3.05) is 20.8 Å². The number of carbonyl (C=O) groups excluding carboxylic acids is 1. The van der Waals surface area contributed by atoms with E-state index < -0.39 is 0 Å². The van der Waals surface area contributed by atoms with Crippen LogP contribution in [0.2, 0.25) is 0 Å². The molecule has 1 N–H and O–H groups in total. The number of amides is 1. The number of nitrogens with one attached hydrogen (secondary N) is 1. The summed E-state index contributed by atoms with van der Waals surface area (Å²) in [4.78, 5) is 12.2. The van der Waals surface area contributed by atoms with Gasteiger partial charge in [-0.05, 0) is 49.2 Å². The molecular weight excluding hydrogens is 318 g/mol. The molecular formula is C20H25NO4. The molecule has 0 saturated heterocycles. The Balaban J connectivity index is 1.95. The number of methoxy groups -OCH3 is 2. The monoisotopic (exact) mass is 343 g/mol. The van der Waals surface area contributed by atoms with Crippen LogP contribution in [0.5, 0.6) is 17.2 Å². The van der Waals surface area contributed by atoms with E-state index in [2.05, 4.69) is 12.2 Å². The van der Waals surface area contributed by atoms with Gasteiger partial charge in [0.1, 0.15) is 17.2 Å². The Hall–Kier alpha value is -2.69.